The van der Waals surface area contributed by atoms with E-state index in [0.717, 1.165) is 32.5 Å². The summed E-state index contributed by atoms with van der Waals surface area (Å²) in [7, 11) is 0. The van der Waals surface area contributed by atoms with Gasteiger partial charge in [-0.05, 0) is 31.9 Å². The molecule has 1 aliphatic heterocycles. The Morgan fingerprint density at radius 1 is 1.41 bits per heavy atom. The lowest BCUT2D eigenvalue weighted by molar-refractivity contribution is -0.123. The van der Waals surface area contributed by atoms with Crippen molar-refractivity contribution in [2.45, 2.75) is 26.3 Å². The zero-order chi connectivity index (χ0) is 12.3. The third-order valence-corrected chi connectivity index (χ3v) is 3.43. The van der Waals surface area contributed by atoms with Crippen molar-refractivity contribution in [3.05, 3.63) is 35.4 Å². The molecule has 1 saturated heterocycles. The zero-order valence-electron chi connectivity index (χ0n) is 10.4. The molecule has 2 rings (SSSR count). The fraction of sp³-hybridized carbons (Fsp3) is 0.500. The molecule has 1 fully saturated rings. The molecule has 1 aromatic rings. The van der Waals surface area contributed by atoms with Crippen LogP contribution < -0.4 is 5.73 Å². The topological polar surface area (TPSA) is 46.3 Å². The maximum atomic E-state index is 11.2. The summed E-state index contributed by atoms with van der Waals surface area (Å²) in [5.74, 6) is -0.118. The molecule has 3 nitrogen and oxygen atoms in total. The number of hydrogen-bond acceptors (Lipinski definition) is 2. The Bertz CT molecular complexity index is 386. The minimum Gasteiger partial charge on any atom is -0.369 e. The number of primary amides is 1. The van der Waals surface area contributed by atoms with Crippen LogP contribution in [0.25, 0.3) is 0 Å². The van der Waals surface area contributed by atoms with Crippen LogP contribution in [0.4, 0.5) is 0 Å². The molecule has 0 spiro atoms. The van der Waals surface area contributed by atoms with Crippen LogP contribution >= 0.6 is 0 Å². The molecule has 1 aromatic carbocycles. The molecular formula is C14H20N2O. The van der Waals surface area contributed by atoms with Gasteiger partial charge in [-0.25, -0.2) is 0 Å². The van der Waals surface area contributed by atoms with Crippen LogP contribution in [0, 0.1) is 12.8 Å². The lowest BCUT2D eigenvalue weighted by Crippen LogP contribution is -2.40. The predicted octanol–water partition coefficient (Wildman–Crippen LogP) is 1.69. The van der Waals surface area contributed by atoms with Crippen molar-refractivity contribution in [3.63, 3.8) is 0 Å². The van der Waals surface area contributed by atoms with Crippen LogP contribution in [-0.4, -0.2) is 23.9 Å². The van der Waals surface area contributed by atoms with Crippen LogP contribution in [0.2, 0.25) is 0 Å². The first-order chi connectivity index (χ1) is 8.15. The van der Waals surface area contributed by atoms with E-state index in [-0.39, 0.29) is 11.8 Å². The maximum absolute atomic E-state index is 11.2. The SMILES string of the molecule is Cc1ccc(CN2CCC[C@@H](C(N)=O)C2)cc1. The number of benzene rings is 1. The zero-order valence-corrected chi connectivity index (χ0v) is 10.4. The van der Waals surface area contributed by atoms with Gasteiger partial charge in [0.25, 0.3) is 0 Å². The highest BCUT2D eigenvalue weighted by molar-refractivity contribution is 5.76. The highest BCUT2D eigenvalue weighted by Crippen LogP contribution is 2.18. The standard InChI is InChI=1S/C14H20N2O/c1-11-4-6-12(7-5-11)9-16-8-2-3-13(10-16)14(15)17/h4-7,13H,2-3,8-10H2,1H3,(H2,15,17)/t13-/m1/s1. The summed E-state index contributed by atoms with van der Waals surface area (Å²) in [6, 6.07) is 8.57. The molecule has 1 amide bonds. The number of piperidine rings is 1. The van der Waals surface area contributed by atoms with E-state index >= 15 is 0 Å². The Morgan fingerprint density at radius 3 is 2.76 bits per heavy atom. The molecule has 1 aliphatic rings. The summed E-state index contributed by atoms with van der Waals surface area (Å²) in [4.78, 5) is 13.5. The molecule has 92 valence electrons. The third kappa shape index (κ3) is 3.30. The van der Waals surface area contributed by atoms with Crippen LogP contribution in [-0.2, 0) is 11.3 Å². The Hall–Kier alpha value is -1.35. The van der Waals surface area contributed by atoms with E-state index in [2.05, 4.69) is 36.1 Å². The highest BCUT2D eigenvalue weighted by Gasteiger charge is 2.23. The van der Waals surface area contributed by atoms with Crippen molar-refractivity contribution in [2.24, 2.45) is 11.7 Å². The van der Waals surface area contributed by atoms with E-state index in [1.54, 1.807) is 0 Å². The maximum Gasteiger partial charge on any atom is 0.221 e. The minimum absolute atomic E-state index is 0.0363. The van der Waals surface area contributed by atoms with Crippen LogP contribution in [0.3, 0.4) is 0 Å². The van der Waals surface area contributed by atoms with Crippen LogP contribution in [0.1, 0.15) is 24.0 Å². The highest BCUT2D eigenvalue weighted by atomic mass is 16.1. The molecule has 1 atom stereocenters. The Labute approximate surface area is 103 Å². The number of amides is 1. The third-order valence-electron chi connectivity index (χ3n) is 3.43. The molecule has 0 aliphatic carbocycles. The Kier molecular flexibility index (Phi) is 3.79. The number of rotatable bonds is 3. The molecule has 0 saturated carbocycles. The van der Waals surface area contributed by atoms with Gasteiger partial charge in [-0.1, -0.05) is 29.8 Å². The van der Waals surface area contributed by atoms with Crippen LogP contribution in [0.15, 0.2) is 24.3 Å². The summed E-state index contributed by atoms with van der Waals surface area (Å²) in [6.45, 7) is 4.89. The number of likely N-dealkylation sites (tertiary alicyclic amines) is 1. The first kappa shape index (κ1) is 12.1. The fourth-order valence-electron chi connectivity index (χ4n) is 2.38. The van der Waals surface area contributed by atoms with E-state index < -0.39 is 0 Å². The predicted molar refractivity (Wildman–Crippen MR) is 68.4 cm³/mol. The number of nitrogens with zero attached hydrogens (tertiary/aromatic N) is 1. The number of carbonyl (C=O) groups is 1. The molecule has 0 aromatic heterocycles. The van der Waals surface area contributed by atoms with Gasteiger partial charge >= 0.3 is 0 Å². The second-order valence-corrected chi connectivity index (χ2v) is 4.96. The molecular weight excluding hydrogens is 212 g/mol. The number of hydrogen-bond donors (Lipinski definition) is 1. The minimum atomic E-state index is -0.154. The molecule has 17 heavy (non-hydrogen) atoms. The Balaban J connectivity index is 1.94. The largest absolute Gasteiger partial charge is 0.369 e. The molecule has 0 unspecified atom stereocenters. The average molecular weight is 232 g/mol. The monoisotopic (exact) mass is 232 g/mol. The van der Waals surface area contributed by atoms with Crippen molar-refractivity contribution in [1.82, 2.24) is 4.90 Å². The van der Waals surface area contributed by atoms with Crippen molar-refractivity contribution in [3.8, 4) is 0 Å². The lowest BCUT2D eigenvalue weighted by Gasteiger charge is -2.31. The summed E-state index contributed by atoms with van der Waals surface area (Å²) >= 11 is 0. The number of carbonyl (C=O) groups excluding carboxylic acids is 1. The van der Waals surface area contributed by atoms with Gasteiger partial charge in [0.2, 0.25) is 5.91 Å². The van der Waals surface area contributed by atoms with Crippen molar-refractivity contribution >= 4 is 5.91 Å². The van der Waals surface area contributed by atoms with E-state index in [4.69, 9.17) is 5.73 Å². The average Bonchev–Trinajstić information content (AvgIpc) is 2.32. The van der Waals surface area contributed by atoms with Gasteiger partial charge in [-0.15, -0.1) is 0 Å². The molecule has 0 radical (unpaired) electrons. The van der Waals surface area contributed by atoms with E-state index in [1.807, 2.05) is 0 Å². The summed E-state index contributed by atoms with van der Waals surface area (Å²) in [5, 5.41) is 0. The molecule has 1 heterocycles. The van der Waals surface area contributed by atoms with Gasteiger partial charge < -0.3 is 5.73 Å². The molecule has 3 heteroatoms. The summed E-state index contributed by atoms with van der Waals surface area (Å²) in [6.07, 6.45) is 2.01. The van der Waals surface area contributed by atoms with Gasteiger partial charge in [0.15, 0.2) is 0 Å². The van der Waals surface area contributed by atoms with Crippen molar-refractivity contribution in [2.75, 3.05) is 13.1 Å². The molecule has 0 bridgehead atoms. The van der Waals surface area contributed by atoms with Crippen LogP contribution in [0.5, 0.6) is 0 Å². The van der Waals surface area contributed by atoms with E-state index in [9.17, 15) is 4.79 Å². The second-order valence-electron chi connectivity index (χ2n) is 4.96. The van der Waals surface area contributed by atoms with Crippen molar-refractivity contribution in [1.29, 1.82) is 0 Å². The van der Waals surface area contributed by atoms with Gasteiger partial charge in [0.1, 0.15) is 0 Å². The first-order valence-electron chi connectivity index (χ1n) is 6.22. The summed E-state index contributed by atoms with van der Waals surface area (Å²) < 4.78 is 0. The quantitative estimate of drug-likeness (QED) is 0.862. The Morgan fingerprint density at radius 2 is 2.12 bits per heavy atom. The van der Waals surface area contributed by atoms with Gasteiger partial charge in [-0.2, -0.15) is 0 Å². The summed E-state index contributed by atoms with van der Waals surface area (Å²) in [5.41, 5.74) is 7.96. The van der Waals surface area contributed by atoms with Gasteiger partial charge in [0.05, 0.1) is 5.92 Å². The number of nitrogens with two attached hydrogens (primary N) is 1. The smallest absolute Gasteiger partial charge is 0.221 e. The second kappa shape index (κ2) is 5.32. The van der Waals surface area contributed by atoms with E-state index in [1.165, 1.54) is 11.1 Å². The lowest BCUT2D eigenvalue weighted by atomic mass is 9.97. The van der Waals surface area contributed by atoms with Crippen molar-refractivity contribution < 1.29 is 4.79 Å². The van der Waals surface area contributed by atoms with E-state index in [0.29, 0.717) is 0 Å². The normalized spacial score (nSPS) is 21.4. The van der Waals surface area contributed by atoms with Gasteiger partial charge in [-0.3, -0.25) is 9.69 Å². The number of aryl methyl sites for hydroxylation is 1. The molecule has 2 N–H and O–H groups in total. The van der Waals surface area contributed by atoms with Gasteiger partial charge in [0, 0.05) is 13.1 Å². The first-order valence-corrected chi connectivity index (χ1v) is 6.22. The fourth-order valence-corrected chi connectivity index (χ4v) is 2.38.